The summed E-state index contributed by atoms with van der Waals surface area (Å²) >= 11 is 0. The zero-order valence-electron chi connectivity index (χ0n) is 21.5. The van der Waals surface area contributed by atoms with Crippen molar-refractivity contribution in [2.75, 3.05) is 33.3 Å². The molecule has 0 saturated heterocycles. The maximum absolute atomic E-state index is 14.0. The van der Waals surface area contributed by atoms with E-state index in [0.29, 0.717) is 34.2 Å². The summed E-state index contributed by atoms with van der Waals surface area (Å²) in [6.45, 7) is 0. The van der Waals surface area contributed by atoms with Crippen molar-refractivity contribution in [2.45, 2.75) is 37.8 Å². The molecular weight excluding hydrogens is 476 g/mol. The van der Waals surface area contributed by atoms with Crippen molar-refractivity contribution in [1.29, 1.82) is 0 Å². The van der Waals surface area contributed by atoms with Gasteiger partial charge >= 0.3 is 0 Å². The van der Waals surface area contributed by atoms with E-state index in [4.69, 9.17) is 23.4 Å². The summed E-state index contributed by atoms with van der Waals surface area (Å²) in [7, 11) is 6.09. The molecule has 1 aromatic heterocycles. The van der Waals surface area contributed by atoms with E-state index >= 15 is 0 Å². The normalized spacial score (nSPS) is 14.1. The van der Waals surface area contributed by atoms with Crippen LogP contribution in [0.2, 0.25) is 0 Å². The van der Waals surface area contributed by atoms with E-state index in [-0.39, 0.29) is 17.7 Å². The minimum Gasteiger partial charge on any atom is -0.497 e. The highest BCUT2D eigenvalue weighted by molar-refractivity contribution is 6.09. The number of nitrogens with zero attached hydrogens (tertiary/aromatic N) is 1. The third-order valence-corrected chi connectivity index (χ3v) is 6.53. The fraction of sp³-hybridized carbons (Fsp3) is 0.357. The van der Waals surface area contributed by atoms with Crippen LogP contribution in [0.15, 0.2) is 59.2 Å². The molecule has 9 nitrogen and oxygen atoms in total. The molecule has 4 rings (SSSR count). The molecule has 1 heterocycles. The lowest BCUT2D eigenvalue weighted by Crippen LogP contribution is -2.46. The standard InChI is InChI=1S/C28H32N2O7/c1-33-20-12-14-22(34-2)21(17-20)30(28(32)24-10-7-15-37-24)26(27(31)29-19-8-5-6-9-19)18-11-13-23(35-3)25(16-18)36-4/h7,10-17,19,26H,5-6,8-9H2,1-4H3,(H,29,31). The number of carbonyl (C=O) groups is 2. The number of ether oxygens (including phenoxy) is 4. The highest BCUT2D eigenvalue weighted by Crippen LogP contribution is 2.40. The third-order valence-electron chi connectivity index (χ3n) is 6.53. The van der Waals surface area contributed by atoms with Crippen LogP contribution in [-0.2, 0) is 4.79 Å². The Balaban J connectivity index is 1.92. The summed E-state index contributed by atoms with van der Waals surface area (Å²) in [6.07, 6.45) is 5.28. The second-order valence-corrected chi connectivity index (χ2v) is 8.70. The molecule has 1 N–H and O–H groups in total. The fourth-order valence-electron chi connectivity index (χ4n) is 4.66. The van der Waals surface area contributed by atoms with Gasteiger partial charge in [-0.3, -0.25) is 14.5 Å². The molecule has 0 bridgehead atoms. The number of furan rings is 1. The van der Waals surface area contributed by atoms with E-state index < -0.39 is 11.9 Å². The lowest BCUT2D eigenvalue weighted by Gasteiger charge is -2.33. The van der Waals surface area contributed by atoms with Gasteiger partial charge in [-0.2, -0.15) is 0 Å². The largest absolute Gasteiger partial charge is 0.497 e. The second kappa shape index (κ2) is 11.7. The molecule has 9 heteroatoms. The zero-order chi connectivity index (χ0) is 26.4. The summed E-state index contributed by atoms with van der Waals surface area (Å²) in [5.41, 5.74) is 0.877. The zero-order valence-corrected chi connectivity index (χ0v) is 21.5. The molecule has 1 aliphatic carbocycles. The number of amides is 2. The number of nitrogens with one attached hydrogen (secondary N) is 1. The molecule has 37 heavy (non-hydrogen) atoms. The summed E-state index contributed by atoms with van der Waals surface area (Å²) in [6, 6.07) is 12.4. The molecule has 1 aliphatic rings. The van der Waals surface area contributed by atoms with E-state index in [0.717, 1.165) is 25.7 Å². The van der Waals surface area contributed by atoms with Crippen molar-refractivity contribution >= 4 is 17.5 Å². The summed E-state index contributed by atoms with van der Waals surface area (Å²) in [5, 5.41) is 3.15. The van der Waals surface area contributed by atoms with Gasteiger partial charge in [0, 0.05) is 12.1 Å². The molecule has 0 radical (unpaired) electrons. The number of carbonyl (C=O) groups excluding carboxylic acids is 2. The van der Waals surface area contributed by atoms with Crippen molar-refractivity contribution in [3.8, 4) is 23.0 Å². The molecule has 0 spiro atoms. The lowest BCUT2D eigenvalue weighted by molar-refractivity contribution is -0.123. The van der Waals surface area contributed by atoms with Gasteiger partial charge < -0.3 is 28.7 Å². The van der Waals surface area contributed by atoms with Crippen molar-refractivity contribution in [2.24, 2.45) is 0 Å². The Hall–Kier alpha value is -4.14. The van der Waals surface area contributed by atoms with Crippen LogP contribution in [0.1, 0.15) is 47.8 Å². The summed E-state index contributed by atoms with van der Waals surface area (Å²) in [4.78, 5) is 29.4. The summed E-state index contributed by atoms with van der Waals surface area (Å²) in [5.74, 6) is 1.05. The van der Waals surface area contributed by atoms with E-state index in [1.165, 1.54) is 39.6 Å². The van der Waals surface area contributed by atoms with E-state index in [1.807, 2.05) is 0 Å². The maximum Gasteiger partial charge on any atom is 0.295 e. The van der Waals surface area contributed by atoms with Gasteiger partial charge in [0.2, 0.25) is 5.91 Å². The first-order valence-electron chi connectivity index (χ1n) is 12.1. The van der Waals surface area contributed by atoms with E-state index in [2.05, 4.69) is 5.32 Å². The van der Waals surface area contributed by atoms with Gasteiger partial charge in [-0.15, -0.1) is 0 Å². The molecule has 2 aromatic carbocycles. The Morgan fingerprint density at radius 2 is 1.59 bits per heavy atom. The van der Waals surface area contributed by atoms with Crippen LogP contribution in [0.4, 0.5) is 5.69 Å². The van der Waals surface area contributed by atoms with Crippen LogP contribution >= 0.6 is 0 Å². The van der Waals surface area contributed by atoms with Crippen molar-refractivity contribution in [3.05, 3.63) is 66.1 Å². The molecule has 2 amide bonds. The molecule has 1 atom stereocenters. The monoisotopic (exact) mass is 508 g/mol. The van der Waals surface area contributed by atoms with Crippen molar-refractivity contribution in [1.82, 2.24) is 5.32 Å². The predicted molar refractivity (Wildman–Crippen MR) is 138 cm³/mol. The Morgan fingerprint density at radius 1 is 0.892 bits per heavy atom. The number of rotatable bonds is 10. The van der Waals surface area contributed by atoms with Crippen LogP contribution in [0.5, 0.6) is 23.0 Å². The number of hydrogen-bond donors (Lipinski definition) is 1. The molecular formula is C28H32N2O7. The molecule has 1 unspecified atom stereocenters. The molecule has 0 aliphatic heterocycles. The Labute approximate surface area is 216 Å². The van der Waals surface area contributed by atoms with Crippen molar-refractivity contribution in [3.63, 3.8) is 0 Å². The highest BCUT2D eigenvalue weighted by atomic mass is 16.5. The molecule has 1 fully saturated rings. The average Bonchev–Trinajstić information content (AvgIpc) is 3.65. The van der Waals surface area contributed by atoms with Crippen LogP contribution in [0.25, 0.3) is 0 Å². The molecule has 196 valence electrons. The van der Waals surface area contributed by atoms with Gasteiger partial charge in [0.1, 0.15) is 17.5 Å². The second-order valence-electron chi connectivity index (χ2n) is 8.70. The fourth-order valence-corrected chi connectivity index (χ4v) is 4.66. The minimum atomic E-state index is -1.08. The quantitative estimate of drug-likeness (QED) is 0.421. The maximum atomic E-state index is 14.0. The van der Waals surface area contributed by atoms with E-state index in [9.17, 15) is 9.59 Å². The van der Waals surface area contributed by atoms with Gasteiger partial charge in [0.25, 0.3) is 5.91 Å². The van der Waals surface area contributed by atoms with Gasteiger partial charge in [0.15, 0.2) is 17.3 Å². The Bertz CT molecular complexity index is 1220. The van der Waals surface area contributed by atoms with Crippen LogP contribution in [0.3, 0.4) is 0 Å². The van der Waals surface area contributed by atoms with Gasteiger partial charge in [-0.1, -0.05) is 18.9 Å². The lowest BCUT2D eigenvalue weighted by atomic mass is 10.0. The first-order chi connectivity index (χ1) is 18.0. The van der Waals surface area contributed by atoms with Crippen LogP contribution in [0, 0.1) is 0 Å². The van der Waals surface area contributed by atoms with Gasteiger partial charge in [-0.25, -0.2) is 0 Å². The number of benzene rings is 2. The predicted octanol–water partition coefficient (Wildman–Crippen LogP) is 4.76. The van der Waals surface area contributed by atoms with Gasteiger partial charge in [0.05, 0.1) is 40.4 Å². The SMILES string of the molecule is COc1ccc(OC)c(N(C(=O)c2ccco2)C(C(=O)NC2CCCC2)c2ccc(OC)c(OC)c2)c1. The number of hydrogen-bond acceptors (Lipinski definition) is 7. The van der Waals surface area contributed by atoms with Crippen molar-refractivity contribution < 1.29 is 33.0 Å². The third kappa shape index (κ3) is 5.50. The summed E-state index contributed by atoms with van der Waals surface area (Å²) < 4.78 is 27.4. The van der Waals surface area contributed by atoms with Crippen LogP contribution in [-0.4, -0.2) is 46.3 Å². The smallest absolute Gasteiger partial charge is 0.295 e. The van der Waals surface area contributed by atoms with Gasteiger partial charge in [-0.05, 0) is 54.8 Å². The molecule has 1 saturated carbocycles. The van der Waals surface area contributed by atoms with E-state index in [1.54, 1.807) is 48.5 Å². The first kappa shape index (κ1) is 25.9. The van der Waals surface area contributed by atoms with Crippen LogP contribution < -0.4 is 29.2 Å². The number of methoxy groups -OCH3 is 4. The topological polar surface area (TPSA) is 99.5 Å². The Kier molecular flexibility index (Phi) is 8.22. The minimum absolute atomic E-state index is 0.0305. The first-order valence-corrected chi connectivity index (χ1v) is 12.1. The molecule has 3 aromatic rings. The number of anilines is 1. The Morgan fingerprint density at radius 3 is 2.22 bits per heavy atom. The average molecular weight is 509 g/mol. The highest BCUT2D eigenvalue weighted by Gasteiger charge is 2.38.